The van der Waals surface area contributed by atoms with Gasteiger partial charge in [-0.2, -0.15) is 0 Å². The zero-order valence-corrected chi connectivity index (χ0v) is 7.68. The molecule has 1 aromatic heterocycles. The molecule has 1 N–H and O–H groups in total. The molecular weight excluding hydrogens is 237 g/mol. The summed E-state index contributed by atoms with van der Waals surface area (Å²) in [6.07, 6.45) is -4.43. The summed E-state index contributed by atoms with van der Waals surface area (Å²) < 4.78 is 64.3. The fraction of sp³-hybridized carbons (Fsp3) is 0.375. The Morgan fingerprint density at radius 2 is 2.00 bits per heavy atom. The number of hydrogen-bond acceptors (Lipinski definition) is 3. The first-order valence-corrected chi connectivity index (χ1v) is 3.98. The summed E-state index contributed by atoms with van der Waals surface area (Å²) in [5.41, 5.74) is -1.37. The molecule has 0 aliphatic rings. The largest absolute Gasteiger partial charge is 0.574 e. The van der Waals surface area contributed by atoms with Crippen molar-refractivity contribution >= 4 is 0 Å². The van der Waals surface area contributed by atoms with Crippen molar-refractivity contribution in [3.63, 3.8) is 0 Å². The van der Waals surface area contributed by atoms with Gasteiger partial charge in [0, 0.05) is 11.8 Å². The van der Waals surface area contributed by atoms with E-state index in [9.17, 15) is 22.0 Å². The van der Waals surface area contributed by atoms with Crippen LogP contribution in [0, 0.1) is 5.82 Å². The Hall–Kier alpha value is -1.44. The minimum atomic E-state index is -5.08. The Bertz CT molecular complexity index is 379. The normalized spacial score (nSPS) is 11.6. The van der Waals surface area contributed by atoms with E-state index in [1.165, 1.54) is 0 Å². The van der Waals surface area contributed by atoms with E-state index in [4.69, 9.17) is 5.11 Å². The lowest BCUT2D eigenvalue weighted by atomic mass is 10.2. The van der Waals surface area contributed by atoms with Crippen molar-refractivity contribution in [1.29, 1.82) is 0 Å². The van der Waals surface area contributed by atoms with Crippen LogP contribution >= 0.6 is 0 Å². The smallest absolute Gasteiger partial charge is 0.392 e. The number of hydrogen-bond donors (Lipinski definition) is 1. The minimum Gasteiger partial charge on any atom is -0.392 e. The van der Waals surface area contributed by atoms with Gasteiger partial charge in [-0.05, 0) is 0 Å². The minimum absolute atomic E-state index is 0.401. The second-order valence-electron chi connectivity index (χ2n) is 2.72. The van der Waals surface area contributed by atoms with Gasteiger partial charge in [0.15, 0.2) is 0 Å². The van der Waals surface area contributed by atoms with Crippen molar-refractivity contribution in [3.05, 3.63) is 23.1 Å². The Balaban J connectivity index is 3.16. The summed E-state index contributed by atoms with van der Waals surface area (Å²) in [6.45, 7) is -2.31. The van der Waals surface area contributed by atoms with Crippen molar-refractivity contribution in [1.82, 2.24) is 4.98 Å². The molecular formula is C8H6F5NO2. The quantitative estimate of drug-likeness (QED) is 0.826. The second kappa shape index (κ2) is 4.60. The Morgan fingerprint density at radius 1 is 1.38 bits per heavy atom. The number of aliphatic hydroxyl groups is 1. The summed E-state index contributed by atoms with van der Waals surface area (Å²) in [5, 5.41) is 8.60. The molecule has 0 aromatic carbocycles. The summed E-state index contributed by atoms with van der Waals surface area (Å²) in [6, 6.07) is 0. The molecule has 90 valence electrons. The third-order valence-corrected chi connectivity index (χ3v) is 1.66. The number of aliphatic hydroxyl groups excluding tert-OH is 1. The standard InChI is InChI=1S/C8H6F5NO2/c9-1-5-6(10)4(3-15)2-14-7(5)16-8(11,12)13/h2,15H,1,3H2. The average Bonchev–Trinajstić information content (AvgIpc) is 2.16. The molecule has 16 heavy (non-hydrogen) atoms. The van der Waals surface area contributed by atoms with Gasteiger partial charge in [0.05, 0.1) is 12.2 Å². The molecule has 1 rings (SSSR count). The number of alkyl halides is 4. The molecule has 0 saturated heterocycles. The zero-order valence-electron chi connectivity index (χ0n) is 7.68. The number of pyridine rings is 1. The monoisotopic (exact) mass is 243 g/mol. The lowest BCUT2D eigenvalue weighted by molar-refractivity contribution is -0.276. The van der Waals surface area contributed by atoms with Gasteiger partial charge in [0.1, 0.15) is 12.5 Å². The van der Waals surface area contributed by atoms with E-state index in [-0.39, 0.29) is 0 Å². The molecule has 1 heterocycles. The third kappa shape index (κ3) is 2.78. The Kier molecular flexibility index (Phi) is 3.63. The van der Waals surface area contributed by atoms with Gasteiger partial charge in [0.25, 0.3) is 0 Å². The molecule has 0 aliphatic heterocycles. The summed E-state index contributed by atoms with van der Waals surface area (Å²) in [4.78, 5) is 3.08. The zero-order chi connectivity index (χ0) is 12.3. The first kappa shape index (κ1) is 12.6. The maximum Gasteiger partial charge on any atom is 0.574 e. The van der Waals surface area contributed by atoms with Crippen LogP contribution in [0.2, 0.25) is 0 Å². The number of rotatable bonds is 3. The Labute approximate surface area is 86.5 Å². The number of nitrogens with zero attached hydrogens (tertiary/aromatic N) is 1. The van der Waals surface area contributed by atoms with Crippen molar-refractivity contribution in [2.45, 2.75) is 19.6 Å². The average molecular weight is 243 g/mol. The van der Waals surface area contributed by atoms with Crippen LogP contribution in [0.25, 0.3) is 0 Å². The maximum atomic E-state index is 13.2. The molecule has 8 heteroatoms. The number of aromatic nitrogens is 1. The highest BCUT2D eigenvalue weighted by molar-refractivity contribution is 5.31. The molecule has 0 fully saturated rings. The predicted octanol–water partition coefficient (Wildman–Crippen LogP) is 2.08. The highest BCUT2D eigenvalue weighted by Crippen LogP contribution is 2.28. The van der Waals surface area contributed by atoms with Crippen LogP contribution in [0.4, 0.5) is 22.0 Å². The van der Waals surface area contributed by atoms with Crippen LogP contribution in [0.15, 0.2) is 6.20 Å². The van der Waals surface area contributed by atoms with E-state index in [1.807, 2.05) is 0 Å². The first-order chi connectivity index (χ1) is 7.39. The van der Waals surface area contributed by atoms with Gasteiger partial charge >= 0.3 is 6.36 Å². The van der Waals surface area contributed by atoms with E-state index in [0.717, 1.165) is 0 Å². The van der Waals surface area contributed by atoms with Crippen LogP contribution in [-0.2, 0) is 13.3 Å². The van der Waals surface area contributed by atoms with Gasteiger partial charge in [-0.3, -0.25) is 0 Å². The van der Waals surface area contributed by atoms with Gasteiger partial charge in [-0.25, -0.2) is 13.8 Å². The molecule has 0 spiro atoms. The molecule has 0 aliphatic carbocycles. The first-order valence-electron chi connectivity index (χ1n) is 3.98. The summed E-state index contributed by atoms with van der Waals surface area (Å²) in [7, 11) is 0. The van der Waals surface area contributed by atoms with Crippen molar-refractivity contribution in [3.8, 4) is 5.88 Å². The van der Waals surface area contributed by atoms with Crippen molar-refractivity contribution in [2.75, 3.05) is 0 Å². The van der Waals surface area contributed by atoms with Gasteiger partial charge < -0.3 is 9.84 Å². The fourth-order valence-corrected chi connectivity index (χ4v) is 0.982. The van der Waals surface area contributed by atoms with E-state index in [2.05, 4.69) is 9.72 Å². The third-order valence-electron chi connectivity index (χ3n) is 1.66. The molecule has 0 unspecified atom stereocenters. The molecule has 1 aromatic rings. The van der Waals surface area contributed by atoms with Gasteiger partial charge in [-0.1, -0.05) is 0 Å². The van der Waals surface area contributed by atoms with Gasteiger partial charge in [-0.15, -0.1) is 13.2 Å². The summed E-state index contributed by atoms with van der Waals surface area (Å²) in [5.74, 6) is -2.48. The van der Waals surface area contributed by atoms with Crippen LogP contribution < -0.4 is 4.74 Å². The lowest BCUT2D eigenvalue weighted by Crippen LogP contribution is -2.19. The van der Waals surface area contributed by atoms with E-state index in [1.54, 1.807) is 0 Å². The second-order valence-corrected chi connectivity index (χ2v) is 2.72. The Morgan fingerprint density at radius 3 is 2.44 bits per heavy atom. The molecule has 0 saturated carbocycles. The molecule has 0 radical (unpaired) electrons. The van der Waals surface area contributed by atoms with Gasteiger partial charge in [0.2, 0.25) is 5.88 Å². The lowest BCUT2D eigenvalue weighted by Gasteiger charge is -2.12. The molecule has 0 atom stereocenters. The van der Waals surface area contributed by atoms with Crippen LogP contribution in [-0.4, -0.2) is 16.5 Å². The SMILES string of the molecule is OCc1cnc(OC(F)(F)F)c(CF)c1F. The van der Waals surface area contributed by atoms with Crippen LogP contribution in [0.3, 0.4) is 0 Å². The predicted molar refractivity (Wildman–Crippen MR) is 41.6 cm³/mol. The van der Waals surface area contributed by atoms with Crippen LogP contribution in [0.1, 0.15) is 11.1 Å². The molecule has 0 bridgehead atoms. The van der Waals surface area contributed by atoms with E-state index < -0.39 is 42.5 Å². The van der Waals surface area contributed by atoms with E-state index in [0.29, 0.717) is 6.20 Å². The van der Waals surface area contributed by atoms with Crippen molar-refractivity contribution in [2.24, 2.45) is 0 Å². The molecule has 0 amide bonds. The van der Waals surface area contributed by atoms with Crippen LogP contribution in [0.5, 0.6) is 5.88 Å². The molecule has 3 nitrogen and oxygen atoms in total. The van der Waals surface area contributed by atoms with E-state index >= 15 is 0 Å². The number of halogens is 5. The topological polar surface area (TPSA) is 42.4 Å². The summed E-state index contributed by atoms with van der Waals surface area (Å²) >= 11 is 0. The van der Waals surface area contributed by atoms with Crippen molar-refractivity contribution < 1.29 is 31.8 Å². The fourth-order valence-electron chi connectivity index (χ4n) is 0.982. The maximum absolute atomic E-state index is 13.2. The highest BCUT2D eigenvalue weighted by Gasteiger charge is 2.33. The highest BCUT2D eigenvalue weighted by atomic mass is 19.4. The number of ether oxygens (including phenoxy) is 1.